The summed E-state index contributed by atoms with van der Waals surface area (Å²) in [5.41, 5.74) is 12.1. The number of nitrogens with one attached hydrogen (secondary N) is 1. The van der Waals surface area contributed by atoms with E-state index in [4.69, 9.17) is 18.9 Å². The fourth-order valence-corrected chi connectivity index (χ4v) is 10.4. The van der Waals surface area contributed by atoms with Crippen molar-refractivity contribution < 1.29 is 28.5 Å². The number of likely N-dealkylation sites (tertiary alicyclic amines) is 1. The van der Waals surface area contributed by atoms with E-state index in [0.29, 0.717) is 6.04 Å². The van der Waals surface area contributed by atoms with Crippen LogP contribution in [-0.4, -0.2) is 209 Å². The minimum atomic E-state index is 0.143. The Morgan fingerprint density at radius 3 is 1.12 bits per heavy atom. The molecular weight excluding hydrogens is 1040 g/mol. The van der Waals surface area contributed by atoms with Gasteiger partial charge in [-0.15, -0.1) is 0 Å². The lowest BCUT2D eigenvalue weighted by Gasteiger charge is -2.39. The number of piperazine rings is 4. The number of anilines is 5. The summed E-state index contributed by atoms with van der Waals surface area (Å²) in [5, 5.41) is 3.39. The molecule has 0 bridgehead atoms. The van der Waals surface area contributed by atoms with Crippen LogP contribution in [0.2, 0.25) is 0 Å². The van der Waals surface area contributed by atoms with Gasteiger partial charge in [-0.05, 0) is 128 Å². The molecule has 5 aliphatic rings. The lowest BCUT2D eigenvalue weighted by Crippen LogP contribution is -2.56. The number of ether oxygens (including phenoxy) is 4. The van der Waals surface area contributed by atoms with E-state index in [9.17, 15) is 9.59 Å². The average molecular weight is 1140 g/mol. The lowest BCUT2D eigenvalue weighted by atomic mass is 10.1. The topological polar surface area (TPSA) is 112 Å². The van der Waals surface area contributed by atoms with Gasteiger partial charge in [0.05, 0.1) is 33.5 Å². The second-order valence-corrected chi connectivity index (χ2v) is 23.1. The minimum Gasteiger partial charge on any atom is -0.496 e. The van der Waals surface area contributed by atoms with Crippen molar-refractivity contribution >= 4 is 40.3 Å². The van der Waals surface area contributed by atoms with Crippen molar-refractivity contribution in [2.24, 2.45) is 0 Å². The predicted octanol–water partition coefficient (Wildman–Crippen LogP) is 9.35. The van der Waals surface area contributed by atoms with Gasteiger partial charge in [0.1, 0.15) is 23.0 Å². The van der Waals surface area contributed by atoms with Crippen molar-refractivity contribution in [3.05, 3.63) is 125 Å². The molecule has 0 unspecified atom stereocenters. The number of hydrogen-bond acceptors (Lipinski definition) is 14. The molecule has 454 valence electrons. The molecule has 0 aromatic heterocycles. The molecule has 0 radical (unpaired) electrons. The maximum absolute atomic E-state index is 11.3. The first-order valence-corrected chi connectivity index (χ1v) is 29.8. The van der Waals surface area contributed by atoms with E-state index < -0.39 is 0 Å². The number of rotatable bonds is 11. The number of amides is 2. The number of hydrogen-bond donors (Lipinski definition) is 1. The molecule has 16 nitrogen and oxygen atoms in total. The minimum absolute atomic E-state index is 0.143. The average Bonchev–Trinajstić information content (AvgIpc) is 3.68. The molecule has 0 atom stereocenters. The highest BCUT2D eigenvalue weighted by Gasteiger charge is 2.28. The Kier molecular flexibility index (Phi) is 25.4. The first-order chi connectivity index (χ1) is 39.7. The van der Waals surface area contributed by atoms with E-state index in [-0.39, 0.29) is 17.9 Å². The highest BCUT2D eigenvalue weighted by atomic mass is 16.5. The molecular formula is C67H100N10O6. The third-order valence-corrected chi connectivity index (χ3v) is 16.2. The molecule has 5 aromatic rings. The number of aryl methyl sites for hydroxylation is 5. The number of benzene rings is 5. The van der Waals surface area contributed by atoms with Crippen LogP contribution in [0.3, 0.4) is 0 Å². The number of carbonyl (C=O) groups excluding carboxylic acids is 2. The van der Waals surface area contributed by atoms with Gasteiger partial charge < -0.3 is 68.4 Å². The van der Waals surface area contributed by atoms with E-state index in [1.807, 2.05) is 41.8 Å². The van der Waals surface area contributed by atoms with E-state index in [2.05, 4.69) is 174 Å². The third kappa shape index (κ3) is 20.2. The van der Waals surface area contributed by atoms with Gasteiger partial charge in [-0.25, -0.2) is 0 Å². The normalized spacial score (nSPS) is 16.8. The van der Waals surface area contributed by atoms with Crippen molar-refractivity contribution in [2.45, 2.75) is 74.5 Å². The van der Waals surface area contributed by atoms with E-state index >= 15 is 0 Å². The van der Waals surface area contributed by atoms with Gasteiger partial charge in [0.25, 0.3) is 0 Å². The Morgan fingerprint density at radius 2 is 0.747 bits per heavy atom. The van der Waals surface area contributed by atoms with Crippen molar-refractivity contribution in [3.63, 3.8) is 0 Å². The maximum atomic E-state index is 11.3. The van der Waals surface area contributed by atoms with Crippen LogP contribution in [0.5, 0.6) is 23.0 Å². The summed E-state index contributed by atoms with van der Waals surface area (Å²) in [5.74, 6) is 4.11. The van der Waals surface area contributed by atoms with Crippen LogP contribution >= 0.6 is 0 Å². The van der Waals surface area contributed by atoms with Gasteiger partial charge in [-0.3, -0.25) is 9.59 Å². The predicted molar refractivity (Wildman–Crippen MR) is 345 cm³/mol. The highest BCUT2D eigenvalue weighted by molar-refractivity contribution is 5.75. The van der Waals surface area contributed by atoms with Crippen molar-refractivity contribution in [2.75, 3.05) is 185 Å². The second kappa shape index (κ2) is 32.3. The molecule has 5 saturated heterocycles. The molecule has 5 aromatic carbocycles. The molecule has 5 heterocycles. The Bertz CT molecular complexity index is 2780. The monoisotopic (exact) mass is 1140 g/mol. The number of carbonyl (C=O) groups is 2. The summed E-state index contributed by atoms with van der Waals surface area (Å²) >= 11 is 0. The molecule has 5 aliphatic heterocycles. The van der Waals surface area contributed by atoms with Gasteiger partial charge in [0.2, 0.25) is 11.8 Å². The first kappa shape index (κ1) is 65.3. The summed E-state index contributed by atoms with van der Waals surface area (Å²) in [6.07, 6.45) is 0.228. The van der Waals surface area contributed by atoms with E-state index in [0.717, 1.165) is 145 Å². The Hall–Kier alpha value is -6.88. The highest BCUT2D eigenvalue weighted by Crippen LogP contribution is 2.30. The van der Waals surface area contributed by atoms with Crippen molar-refractivity contribution in [3.8, 4) is 23.0 Å². The van der Waals surface area contributed by atoms with Crippen LogP contribution in [0, 0.1) is 34.6 Å². The van der Waals surface area contributed by atoms with Crippen LogP contribution in [0.4, 0.5) is 28.4 Å². The van der Waals surface area contributed by atoms with Crippen LogP contribution in [0.25, 0.3) is 0 Å². The van der Waals surface area contributed by atoms with Gasteiger partial charge >= 0.3 is 0 Å². The van der Waals surface area contributed by atoms with Gasteiger partial charge in [-0.1, -0.05) is 42.0 Å². The fourth-order valence-electron chi connectivity index (χ4n) is 10.4. The zero-order valence-electron chi connectivity index (χ0n) is 53.1. The van der Waals surface area contributed by atoms with E-state index in [1.165, 1.54) is 52.5 Å². The summed E-state index contributed by atoms with van der Waals surface area (Å²) in [4.78, 5) is 42.8. The smallest absolute Gasteiger partial charge is 0.219 e. The molecule has 16 heteroatoms. The lowest BCUT2D eigenvalue weighted by molar-refractivity contribution is -0.132. The number of methoxy groups -OCH3 is 3. The SMILES string of the molecule is COc1cc(N2CCN(C(C)=O)CC2)ccc1C.COc1cc(N2CCN(C)CC2)ccc1C.COc1cc(NC2CN(C(C)=O)C2)ccc1C.Cc1ccc(N2CCN(C)CC2)cc1.Cc1ccc(N2CCN(C)CC2)cc1OC(C)C. The van der Waals surface area contributed by atoms with Crippen LogP contribution < -0.4 is 43.9 Å². The molecule has 1 N–H and O–H groups in total. The number of likely N-dealkylation sites (N-methyl/N-ethyl adjacent to an activating group) is 3. The third-order valence-electron chi connectivity index (χ3n) is 16.2. The quantitative estimate of drug-likeness (QED) is 0.136. The van der Waals surface area contributed by atoms with Crippen molar-refractivity contribution in [1.82, 2.24) is 24.5 Å². The zero-order valence-corrected chi connectivity index (χ0v) is 53.1. The van der Waals surface area contributed by atoms with Crippen LogP contribution in [-0.2, 0) is 9.59 Å². The molecule has 0 aliphatic carbocycles. The largest absolute Gasteiger partial charge is 0.496 e. The molecule has 2 amide bonds. The fraction of sp³-hybridized carbons (Fsp3) is 0.522. The summed E-state index contributed by atoms with van der Waals surface area (Å²) in [7, 11) is 11.6. The molecule has 5 fully saturated rings. The molecule has 0 spiro atoms. The van der Waals surface area contributed by atoms with Crippen molar-refractivity contribution in [1.29, 1.82) is 0 Å². The van der Waals surface area contributed by atoms with E-state index in [1.54, 1.807) is 35.2 Å². The maximum Gasteiger partial charge on any atom is 0.219 e. The summed E-state index contributed by atoms with van der Waals surface area (Å²) < 4.78 is 21.8. The standard InChI is InChI=1S/C15H24N2O.C14H20N2O2.C13H18N2O2.C13H20N2O.C12H18N2/c1-12(2)18-15-11-14(6-5-13(15)3)17-9-7-16(4)8-10-17;1-11-4-5-13(10-14(11)18-3)16-8-6-15(7-9-16)12(2)17;1-9-4-5-11(6-13(9)17-3)14-12-7-15(8-12)10(2)16;1-11-4-5-12(10-13(11)16-3)15-8-6-14(2)7-9-15;1-11-3-5-12(6-4-11)14-9-7-13(2)8-10-14/h5-6,11-12H,7-10H2,1-4H3;4-5,10H,6-9H2,1-3H3;4-6,12,14H,7-8H2,1-3H3;4-5,10H,6-9H2,1-3H3;3-6H,7-10H2,1-2H3. The Morgan fingerprint density at radius 1 is 0.422 bits per heavy atom. The molecule has 0 saturated carbocycles. The molecule has 83 heavy (non-hydrogen) atoms. The van der Waals surface area contributed by atoms with Gasteiger partial charge in [-0.2, -0.15) is 0 Å². The van der Waals surface area contributed by atoms with Crippen LogP contribution in [0.15, 0.2) is 97.1 Å². The summed E-state index contributed by atoms with van der Waals surface area (Å²) in [6.45, 7) is 36.2. The Labute approximate surface area is 498 Å². The number of nitrogens with zero attached hydrogens (tertiary/aromatic N) is 9. The second-order valence-electron chi connectivity index (χ2n) is 23.1. The Balaban J connectivity index is 0.000000167. The summed E-state index contributed by atoms with van der Waals surface area (Å²) in [6, 6.07) is 34.5. The zero-order chi connectivity index (χ0) is 60.2. The van der Waals surface area contributed by atoms with Gasteiger partial charge in [0.15, 0.2) is 0 Å². The molecule has 10 rings (SSSR count). The first-order valence-electron chi connectivity index (χ1n) is 29.8. The van der Waals surface area contributed by atoms with Crippen LogP contribution in [0.1, 0.15) is 55.5 Å². The van der Waals surface area contributed by atoms with Gasteiger partial charge in [0, 0.05) is 184 Å².